The summed E-state index contributed by atoms with van der Waals surface area (Å²) in [5.41, 5.74) is 2.21. The average Bonchev–Trinajstić information content (AvgIpc) is 2.61. The first-order chi connectivity index (χ1) is 12.1. The van der Waals surface area contributed by atoms with Crippen molar-refractivity contribution in [2.45, 2.75) is 13.0 Å². The van der Waals surface area contributed by atoms with Crippen LogP contribution in [0.15, 0.2) is 48.5 Å². The number of hydrogen-bond acceptors (Lipinski definition) is 3. The van der Waals surface area contributed by atoms with Crippen LogP contribution in [-0.2, 0) is 17.8 Å². The maximum atomic E-state index is 13.0. The average molecular weight is 525 g/mol. The molecule has 0 N–H and O–H groups in total. The molecule has 0 bridgehead atoms. The molecular formula is C20H24Cl2FIN2O. The molecule has 148 valence electrons. The number of halogens is 4. The van der Waals surface area contributed by atoms with E-state index < -0.39 is 0 Å². The maximum Gasteiger partial charge on any atom is 0.151 e. The molecule has 0 atom stereocenters. The van der Waals surface area contributed by atoms with Crippen LogP contribution in [0.4, 0.5) is 4.39 Å². The molecule has 1 fully saturated rings. The summed E-state index contributed by atoms with van der Waals surface area (Å²) >= 11 is 2.27. The number of Topliss-reactive ketones (excluding diaryl/α,β-unsaturated/α-hetero) is 1. The van der Waals surface area contributed by atoms with Gasteiger partial charge < -0.3 is 0 Å². The summed E-state index contributed by atoms with van der Waals surface area (Å²) in [6.07, 6.45) is 0.507. The summed E-state index contributed by atoms with van der Waals surface area (Å²) in [6, 6.07) is 14.8. The van der Waals surface area contributed by atoms with E-state index in [1.54, 1.807) is 0 Å². The van der Waals surface area contributed by atoms with Crippen molar-refractivity contribution in [1.82, 2.24) is 9.80 Å². The largest absolute Gasteiger partial charge is 0.298 e. The minimum absolute atomic E-state index is 0. The molecule has 2 aromatic carbocycles. The standard InChI is InChI=1S/C20H22FIN2O.2ClH/c21-18-5-1-17(2-6-18)14-23-9-11-24(12-10-23)15-20(25)13-16-3-7-19(22)8-4-16;;/h1-8H,9-15H2;2*1H. The van der Waals surface area contributed by atoms with Crippen molar-refractivity contribution in [2.75, 3.05) is 32.7 Å². The highest BCUT2D eigenvalue weighted by molar-refractivity contribution is 14.1. The van der Waals surface area contributed by atoms with E-state index in [1.807, 2.05) is 36.4 Å². The van der Waals surface area contributed by atoms with Gasteiger partial charge in [-0.15, -0.1) is 24.8 Å². The first-order valence-corrected chi connectivity index (χ1v) is 9.62. The zero-order valence-electron chi connectivity index (χ0n) is 14.9. The molecule has 1 aliphatic rings. The molecule has 0 aliphatic carbocycles. The van der Waals surface area contributed by atoms with E-state index in [0.717, 1.165) is 43.9 Å². The third-order valence-electron chi connectivity index (χ3n) is 4.50. The van der Waals surface area contributed by atoms with Crippen LogP contribution < -0.4 is 0 Å². The normalized spacial score (nSPS) is 14.9. The molecule has 0 aromatic heterocycles. The van der Waals surface area contributed by atoms with Crippen LogP contribution in [0.5, 0.6) is 0 Å². The van der Waals surface area contributed by atoms with Crippen molar-refractivity contribution in [3.05, 3.63) is 69.0 Å². The Morgan fingerprint density at radius 1 is 0.852 bits per heavy atom. The Balaban J connectivity index is 0.00000182. The quantitative estimate of drug-likeness (QED) is 0.529. The summed E-state index contributed by atoms with van der Waals surface area (Å²) in [5.74, 6) is 0.0772. The lowest BCUT2D eigenvalue weighted by Gasteiger charge is -2.34. The predicted molar refractivity (Wildman–Crippen MR) is 120 cm³/mol. The summed E-state index contributed by atoms with van der Waals surface area (Å²) in [7, 11) is 0. The first kappa shape index (κ1) is 24.3. The Morgan fingerprint density at radius 2 is 1.37 bits per heavy atom. The van der Waals surface area contributed by atoms with Crippen LogP contribution in [0.3, 0.4) is 0 Å². The van der Waals surface area contributed by atoms with E-state index in [4.69, 9.17) is 0 Å². The molecule has 0 spiro atoms. The van der Waals surface area contributed by atoms with Crippen molar-refractivity contribution < 1.29 is 9.18 Å². The Kier molecular flexibility index (Phi) is 10.8. The highest BCUT2D eigenvalue weighted by Gasteiger charge is 2.19. The fraction of sp³-hybridized carbons (Fsp3) is 0.350. The van der Waals surface area contributed by atoms with Crippen LogP contribution in [0.25, 0.3) is 0 Å². The first-order valence-electron chi connectivity index (χ1n) is 8.54. The van der Waals surface area contributed by atoms with Gasteiger partial charge in [-0.2, -0.15) is 0 Å². The molecule has 27 heavy (non-hydrogen) atoms. The molecule has 3 rings (SSSR count). The van der Waals surface area contributed by atoms with Gasteiger partial charge >= 0.3 is 0 Å². The smallest absolute Gasteiger partial charge is 0.151 e. The highest BCUT2D eigenvalue weighted by Crippen LogP contribution is 2.11. The second-order valence-corrected chi connectivity index (χ2v) is 7.77. The molecular weight excluding hydrogens is 501 g/mol. The number of rotatable bonds is 6. The summed E-state index contributed by atoms with van der Waals surface area (Å²) in [5, 5.41) is 0. The van der Waals surface area contributed by atoms with Gasteiger partial charge in [-0.3, -0.25) is 14.6 Å². The minimum atomic E-state index is -0.194. The monoisotopic (exact) mass is 524 g/mol. The van der Waals surface area contributed by atoms with Gasteiger partial charge in [0.05, 0.1) is 6.54 Å². The van der Waals surface area contributed by atoms with Crippen LogP contribution in [-0.4, -0.2) is 48.3 Å². The van der Waals surface area contributed by atoms with Gasteiger partial charge in [-0.25, -0.2) is 4.39 Å². The zero-order chi connectivity index (χ0) is 17.6. The Hall–Kier alpha value is -0.730. The lowest BCUT2D eigenvalue weighted by Crippen LogP contribution is -2.47. The molecule has 1 saturated heterocycles. The van der Waals surface area contributed by atoms with E-state index in [2.05, 4.69) is 32.4 Å². The molecule has 1 aliphatic heterocycles. The van der Waals surface area contributed by atoms with Crippen LogP contribution in [0.2, 0.25) is 0 Å². The van der Waals surface area contributed by atoms with Gasteiger partial charge in [-0.1, -0.05) is 24.3 Å². The SMILES string of the molecule is Cl.Cl.O=C(Cc1ccc(I)cc1)CN1CCN(Cc2ccc(F)cc2)CC1. The third-order valence-corrected chi connectivity index (χ3v) is 5.22. The van der Waals surface area contributed by atoms with E-state index >= 15 is 0 Å². The lowest BCUT2D eigenvalue weighted by molar-refractivity contribution is -0.120. The Bertz CT molecular complexity index is 705. The number of piperazine rings is 1. The van der Waals surface area contributed by atoms with Crippen molar-refractivity contribution >= 4 is 53.2 Å². The molecule has 0 radical (unpaired) electrons. The lowest BCUT2D eigenvalue weighted by atomic mass is 10.1. The maximum absolute atomic E-state index is 13.0. The highest BCUT2D eigenvalue weighted by atomic mass is 127. The summed E-state index contributed by atoms with van der Waals surface area (Å²) in [6.45, 7) is 5.04. The van der Waals surface area contributed by atoms with E-state index in [0.29, 0.717) is 13.0 Å². The topological polar surface area (TPSA) is 23.6 Å². The number of benzene rings is 2. The Morgan fingerprint density at radius 3 is 1.96 bits per heavy atom. The van der Waals surface area contributed by atoms with Gasteiger partial charge in [0.1, 0.15) is 5.82 Å². The van der Waals surface area contributed by atoms with Gasteiger partial charge in [0.2, 0.25) is 0 Å². The second kappa shape index (κ2) is 12.0. The molecule has 7 heteroatoms. The van der Waals surface area contributed by atoms with E-state index in [9.17, 15) is 9.18 Å². The van der Waals surface area contributed by atoms with Gasteiger partial charge in [0, 0.05) is 42.7 Å². The number of nitrogens with zero attached hydrogens (tertiary/aromatic N) is 2. The summed E-state index contributed by atoms with van der Waals surface area (Å²) in [4.78, 5) is 16.9. The number of ketones is 1. The Labute approximate surface area is 186 Å². The molecule has 3 nitrogen and oxygen atoms in total. The minimum Gasteiger partial charge on any atom is -0.298 e. The van der Waals surface area contributed by atoms with Crippen molar-refractivity contribution in [2.24, 2.45) is 0 Å². The van der Waals surface area contributed by atoms with Gasteiger partial charge in [0.25, 0.3) is 0 Å². The third kappa shape index (κ3) is 8.03. The van der Waals surface area contributed by atoms with E-state index in [1.165, 1.54) is 15.7 Å². The molecule has 2 aromatic rings. The van der Waals surface area contributed by atoms with Crippen molar-refractivity contribution in [3.63, 3.8) is 0 Å². The predicted octanol–water partition coefficient (Wildman–Crippen LogP) is 4.20. The molecule has 0 unspecified atom stereocenters. The number of hydrogen-bond donors (Lipinski definition) is 0. The van der Waals surface area contributed by atoms with Crippen LogP contribution >= 0.6 is 47.4 Å². The second-order valence-electron chi connectivity index (χ2n) is 6.52. The van der Waals surface area contributed by atoms with E-state index in [-0.39, 0.29) is 36.4 Å². The van der Waals surface area contributed by atoms with Crippen molar-refractivity contribution in [3.8, 4) is 0 Å². The fourth-order valence-electron chi connectivity index (χ4n) is 3.09. The number of carbonyl (C=O) groups excluding carboxylic acids is 1. The fourth-order valence-corrected chi connectivity index (χ4v) is 3.45. The molecule has 1 heterocycles. The summed E-state index contributed by atoms with van der Waals surface area (Å²) < 4.78 is 14.1. The molecule has 0 saturated carbocycles. The van der Waals surface area contributed by atoms with Gasteiger partial charge in [-0.05, 0) is 58.0 Å². The molecule has 0 amide bonds. The number of carbonyl (C=O) groups is 1. The van der Waals surface area contributed by atoms with Crippen LogP contribution in [0, 0.1) is 9.39 Å². The van der Waals surface area contributed by atoms with Gasteiger partial charge in [0.15, 0.2) is 5.78 Å². The zero-order valence-corrected chi connectivity index (χ0v) is 18.7. The van der Waals surface area contributed by atoms with Crippen molar-refractivity contribution in [1.29, 1.82) is 0 Å². The van der Waals surface area contributed by atoms with Crippen LogP contribution in [0.1, 0.15) is 11.1 Å².